The Balaban J connectivity index is 2.01. The normalized spacial score (nSPS) is 14.0. The second-order valence-electron chi connectivity index (χ2n) is 4.84. The molecule has 0 saturated heterocycles. The van der Waals surface area contributed by atoms with Crippen LogP contribution in [0.3, 0.4) is 0 Å². The lowest BCUT2D eigenvalue weighted by Crippen LogP contribution is -2.27. The van der Waals surface area contributed by atoms with Crippen LogP contribution < -0.4 is 10.2 Å². The third-order valence-electron chi connectivity index (χ3n) is 3.39. The molecule has 1 saturated carbocycles. The van der Waals surface area contributed by atoms with E-state index in [0.717, 1.165) is 12.8 Å². The number of hydrogen-bond donors (Lipinski definition) is 1. The van der Waals surface area contributed by atoms with E-state index in [1.807, 2.05) is 22.4 Å². The maximum atomic E-state index is 11.4. The largest absolute Gasteiger partial charge is 0.367 e. The molecular weight excluding hydrogens is 290 g/mol. The number of nitrogens with zero attached hydrogens (tertiary/aromatic N) is 4. The highest BCUT2D eigenvalue weighted by Crippen LogP contribution is 2.39. The number of nitrogens with one attached hydrogen (secondary N) is 1. The van der Waals surface area contributed by atoms with Gasteiger partial charge in [-0.05, 0) is 24.3 Å². The van der Waals surface area contributed by atoms with Crippen molar-refractivity contribution in [3.8, 4) is 0 Å². The van der Waals surface area contributed by atoms with Crippen LogP contribution in [0.5, 0.6) is 0 Å². The number of aromatic nitrogens is 2. The van der Waals surface area contributed by atoms with Gasteiger partial charge in [0.05, 0.1) is 11.5 Å². The first-order valence-corrected chi connectivity index (χ1v) is 7.55. The van der Waals surface area contributed by atoms with Crippen LogP contribution in [0.25, 0.3) is 0 Å². The van der Waals surface area contributed by atoms with Crippen LogP contribution in [0.15, 0.2) is 23.8 Å². The molecule has 0 aromatic carbocycles. The van der Waals surface area contributed by atoms with Crippen molar-refractivity contribution in [3.63, 3.8) is 0 Å². The molecule has 8 heteroatoms. The van der Waals surface area contributed by atoms with Crippen molar-refractivity contribution in [2.75, 3.05) is 17.3 Å². The fourth-order valence-corrected chi connectivity index (χ4v) is 2.97. The minimum Gasteiger partial charge on any atom is -0.367 e. The van der Waals surface area contributed by atoms with Crippen LogP contribution in [0, 0.1) is 10.1 Å². The van der Waals surface area contributed by atoms with Gasteiger partial charge in [-0.3, -0.25) is 10.1 Å². The molecule has 1 aliphatic rings. The Hall–Kier alpha value is -2.22. The van der Waals surface area contributed by atoms with Gasteiger partial charge in [0, 0.05) is 18.0 Å². The maximum absolute atomic E-state index is 11.4. The summed E-state index contributed by atoms with van der Waals surface area (Å²) < 4.78 is 0. The molecule has 1 N–H and O–H groups in total. The highest BCUT2D eigenvalue weighted by atomic mass is 32.1. The van der Waals surface area contributed by atoms with Crippen LogP contribution in [0.2, 0.25) is 0 Å². The predicted octanol–water partition coefficient (Wildman–Crippen LogP) is 2.66. The summed E-state index contributed by atoms with van der Waals surface area (Å²) in [6.07, 6.45) is 3.46. The third kappa shape index (κ3) is 2.80. The van der Waals surface area contributed by atoms with Crippen molar-refractivity contribution in [1.82, 2.24) is 9.97 Å². The van der Waals surface area contributed by atoms with Crippen molar-refractivity contribution in [3.05, 3.63) is 38.8 Å². The van der Waals surface area contributed by atoms with Crippen LogP contribution in [-0.4, -0.2) is 28.0 Å². The monoisotopic (exact) mass is 305 g/mol. The molecule has 0 atom stereocenters. The van der Waals surface area contributed by atoms with E-state index in [1.54, 1.807) is 18.4 Å². The first kappa shape index (κ1) is 13.7. The highest BCUT2D eigenvalue weighted by molar-refractivity contribution is 7.09. The molecule has 3 rings (SSSR count). The standard InChI is InChI=1S/C13H15N5O2S/c1-14-12-11(18(19)20)13(16-8-15-12)17(9-4-5-9)7-10-3-2-6-21-10/h2-3,6,8-9H,4-5,7H2,1H3,(H,14,15,16). The zero-order chi connectivity index (χ0) is 14.8. The Morgan fingerprint density at radius 1 is 1.52 bits per heavy atom. The summed E-state index contributed by atoms with van der Waals surface area (Å²) in [5.41, 5.74) is -0.0524. The number of hydrogen-bond acceptors (Lipinski definition) is 7. The molecular formula is C13H15N5O2S. The summed E-state index contributed by atoms with van der Waals surface area (Å²) in [5, 5.41) is 16.2. The molecule has 0 spiro atoms. The minimum absolute atomic E-state index is 0.0524. The molecule has 0 aliphatic heterocycles. The van der Waals surface area contributed by atoms with Crippen LogP contribution >= 0.6 is 11.3 Å². The molecule has 2 aromatic heterocycles. The molecule has 1 fully saturated rings. The van der Waals surface area contributed by atoms with Crippen molar-refractivity contribution in [1.29, 1.82) is 0 Å². The molecule has 110 valence electrons. The van der Waals surface area contributed by atoms with E-state index < -0.39 is 4.92 Å². The fraction of sp³-hybridized carbons (Fsp3) is 0.385. The second-order valence-corrected chi connectivity index (χ2v) is 5.87. The SMILES string of the molecule is CNc1ncnc(N(Cc2cccs2)C2CC2)c1[N+](=O)[O-]. The summed E-state index contributed by atoms with van der Waals surface area (Å²) in [5.74, 6) is 0.650. The fourth-order valence-electron chi connectivity index (χ4n) is 2.26. The molecule has 1 aliphatic carbocycles. The van der Waals surface area contributed by atoms with Crippen molar-refractivity contribution in [2.24, 2.45) is 0 Å². The van der Waals surface area contributed by atoms with Gasteiger partial charge in [-0.15, -0.1) is 11.3 Å². The van der Waals surface area contributed by atoms with E-state index in [2.05, 4.69) is 15.3 Å². The molecule has 7 nitrogen and oxygen atoms in total. The summed E-state index contributed by atoms with van der Waals surface area (Å²) in [4.78, 5) is 22.3. The van der Waals surface area contributed by atoms with Gasteiger partial charge >= 0.3 is 5.69 Å². The van der Waals surface area contributed by atoms with Gasteiger partial charge in [-0.2, -0.15) is 0 Å². The van der Waals surface area contributed by atoms with Crippen molar-refractivity contribution < 1.29 is 4.92 Å². The summed E-state index contributed by atoms with van der Waals surface area (Å²) >= 11 is 1.64. The second kappa shape index (κ2) is 5.65. The van der Waals surface area contributed by atoms with Gasteiger partial charge in [-0.25, -0.2) is 9.97 Å². The zero-order valence-electron chi connectivity index (χ0n) is 11.5. The van der Waals surface area contributed by atoms with Gasteiger partial charge < -0.3 is 10.2 Å². The number of anilines is 2. The van der Waals surface area contributed by atoms with Crippen molar-refractivity contribution >= 4 is 28.7 Å². The first-order valence-electron chi connectivity index (χ1n) is 6.67. The van der Waals surface area contributed by atoms with Crippen molar-refractivity contribution in [2.45, 2.75) is 25.4 Å². The quantitative estimate of drug-likeness (QED) is 0.652. The van der Waals surface area contributed by atoms with E-state index in [9.17, 15) is 10.1 Å². The smallest absolute Gasteiger partial charge is 0.353 e. The maximum Gasteiger partial charge on any atom is 0.353 e. The van der Waals surface area contributed by atoms with E-state index in [-0.39, 0.29) is 11.5 Å². The summed E-state index contributed by atoms with van der Waals surface area (Å²) in [6, 6.07) is 4.34. The van der Waals surface area contributed by atoms with Crippen LogP contribution in [-0.2, 0) is 6.54 Å². The molecule has 2 heterocycles. The molecule has 21 heavy (non-hydrogen) atoms. The van der Waals surface area contributed by atoms with Gasteiger partial charge in [0.2, 0.25) is 11.6 Å². The zero-order valence-corrected chi connectivity index (χ0v) is 12.3. The Kier molecular flexibility index (Phi) is 3.70. The van der Waals surface area contributed by atoms with Gasteiger partial charge in [0.15, 0.2) is 0 Å². The Bertz CT molecular complexity index is 642. The van der Waals surface area contributed by atoms with Crippen LogP contribution in [0.4, 0.5) is 17.3 Å². The first-order chi connectivity index (χ1) is 10.2. The number of nitro groups is 1. The Morgan fingerprint density at radius 3 is 2.90 bits per heavy atom. The molecule has 0 unspecified atom stereocenters. The van der Waals surface area contributed by atoms with Crippen LogP contribution in [0.1, 0.15) is 17.7 Å². The highest BCUT2D eigenvalue weighted by Gasteiger charge is 2.36. The summed E-state index contributed by atoms with van der Waals surface area (Å²) in [6.45, 7) is 0.642. The molecule has 2 aromatic rings. The average molecular weight is 305 g/mol. The number of rotatable bonds is 6. The van der Waals surface area contributed by atoms with E-state index in [0.29, 0.717) is 18.4 Å². The predicted molar refractivity (Wildman–Crippen MR) is 81.8 cm³/mol. The lowest BCUT2D eigenvalue weighted by atomic mass is 10.3. The van der Waals surface area contributed by atoms with Gasteiger partial charge in [-0.1, -0.05) is 6.07 Å². The molecule has 0 amide bonds. The minimum atomic E-state index is -0.412. The Labute approximate surface area is 125 Å². The topological polar surface area (TPSA) is 84.2 Å². The van der Waals surface area contributed by atoms with Gasteiger partial charge in [0.25, 0.3) is 0 Å². The van der Waals surface area contributed by atoms with E-state index in [4.69, 9.17) is 0 Å². The third-order valence-corrected chi connectivity index (χ3v) is 4.25. The lowest BCUT2D eigenvalue weighted by Gasteiger charge is -2.22. The van der Waals surface area contributed by atoms with E-state index in [1.165, 1.54) is 11.2 Å². The van der Waals surface area contributed by atoms with Gasteiger partial charge in [0.1, 0.15) is 6.33 Å². The molecule has 0 radical (unpaired) electrons. The Morgan fingerprint density at radius 2 is 2.33 bits per heavy atom. The molecule has 0 bridgehead atoms. The van der Waals surface area contributed by atoms with E-state index >= 15 is 0 Å². The lowest BCUT2D eigenvalue weighted by molar-refractivity contribution is -0.383. The average Bonchev–Trinajstić information content (AvgIpc) is 3.20. The summed E-state index contributed by atoms with van der Waals surface area (Å²) in [7, 11) is 1.62. The number of thiophene rings is 1.